The molecule has 0 aliphatic carbocycles. The maximum Gasteiger partial charge on any atom is 0.181 e. The molecular weight excluding hydrogens is 176 g/mol. The number of hydrogen-bond acceptors (Lipinski definition) is 2. The van der Waals surface area contributed by atoms with Crippen LogP contribution in [0.4, 0.5) is 0 Å². The van der Waals surface area contributed by atoms with Gasteiger partial charge in [-0.3, -0.25) is 0 Å². The van der Waals surface area contributed by atoms with Gasteiger partial charge in [0.1, 0.15) is 0 Å². The first-order chi connectivity index (χ1) is 1.91. The fourth-order valence-corrected chi connectivity index (χ4v) is 0. The number of rotatable bonds is 0. The monoisotopic (exact) mass is 175 g/mol. The number of nitrogens with zero attached hydrogens (tertiary/aromatic N) is 2. The van der Waals surface area contributed by atoms with Crippen LogP contribution in [0.2, 0.25) is 0 Å². The van der Waals surface area contributed by atoms with Gasteiger partial charge in [-0.25, -0.2) is 0 Å². The first-order valence-corrected chi connectivity index (χ1v) is 0.697. The molecule has 0 atom stereocenters. The van der Waals surface area contributed by atoms with Crippen LogP contribution in [0.1, 0.15) is 0 Å². The summed E-state index contributed by atoms with van der Waals surface area (Å²) < 4.78 is 0. The Morgan fingerprint density at radius 2 is 1.17 bits per heavy atom. The Balaban J connectivity index is -0.0000000450. The molecular formula is C2CoN2Zn. The molecule has 0 amide bonds. The zero-order valence-electron chi connectivity index (χ0n) is 2.93. The van der Waals surface area contributed by atoms with Crippen LogP contribution < -0.4 is 0 Å². The van der Waals surface area contributed by atoms with Crippen molar-refractivity contribution in [1.82, 2.24) is 0 Å². The third kappa shape index (κ3) is 32.3. The second-order valence-electron chi connectivity index (χ2n) is 0.224. The molecule has 0 aromatic carbocycles. The summed E-state index contributed by atoms with van der Waals surface area (Å²) in [6, 6.07) is 2.47. The van der Waals surface area contributed by atoms with E-state index < -0.39 is 0 Å². The third-order valence-corrected chi connectivity index (χ3v) is 0.0500. The minimum atomic E-state index is 0. The van der Waals surface area contributed by atoms with Gasteiger partial charge in [0, 0.05) is 36.3 Å². The summed E-state index contributed by atoms with van der Waals surface area (Å²) in [5.74, 6) is 0. The molecule has 0 saturated heterocycles. The molecule has 0 bridgehead atoms. The van der Waals surface area contributed by atoms with Gasteiger partial charge in [-0.05, 0) is 0 Å². The predicted molar refractivity (Wildman–Crippen MR) is 11.2 cm³/mol. The quantitative estimate of drug-likeness (QED) is 0.489. The second kappa shape index (κ2) is 19.4. The Morgan fingerprint density at radius 1 is 1.00 bits per heavy atom. The molecule has 0 fully saturated rings. The zero-order valence-corrected chi connectivity index (χ0v) is 6.94. The van der Waals surface area contributed by atoms with E-state index in [-0.39, 0.29) is 36.3 Å². The van der Waals surface area contributed by atoms with E-state index >= 15 is 0 Å². The van der Waals surface area contributed by atoms with Gasteiger partial charge in [0.15, 0.2) is 12.1 Å². The van der Waals surface area contributed by atoms with Crippen molar-refractivity contribution in [2.75, 3.05) is 0 Å². The van der Waals surface area contributed by atoms with Crippen molar-refractivity contribution < 1.29 is 36.3 Å². The maximum atomic E-state index is 7.26. The van der Waals surface area contributed by atoms with E-state index in [4.69, 9.17) is 10.5 Å². The molecule has 0 aromatic rings. The minimum Gasteiger partial charge on any atom is -0.181 e. The van der Waals surface area contributed by atoms with Crippen LogP contribution >= 0.6 is 0 Å². The predicted octanol–water partition coefficient (Wildman–Crippen LogP) is 0.0286. The summed E-state index contributed by atoms with van der Waals surface area (Å²) >= 11 is 0. The van der Waals surface area contributed by atoms with Crippen molar-refractivity contribution in [2.45, 2.75) is 0 Å². The standard InChI is InChI=1S/C2N2.Co.Zn/c3-1-2-4;;. The van der Waals surface area contributed by atoms with Crippen molar-refractivity contribution in [1.29, 1.82) is 10.5 Å². The first kappa shape index (κ1) is 16.5. The molecule has 0 N–H and O–H groups in total. The normalized spacial score (nSPS) is 1.67. The molecule has 0 aliphatic rings. The van der Waals surface area contributed by atoms with Crippen LogP contribution in [0.25, 0.3) is 0 Å². The maximum absolute atomic E-state index is 7.26. The largest absolute Gasteiger partial charge is 0.181 e. The smallest absolute Gasteiger partial charge is 0.181 e. The van der Waals surface area contributed by atoms with Gasteiger partial charge in [-0.15, -0.1) is 0 Å². The van der Waals surface area contributed by atoms with Gasteiger partial charge in [-0.1, -0.05) is 0 Å². The van der Waals surface area contributed by atoms with E-state index in [1.807, 2.05) is 0 Å². The second-order valence-corrected chi connectivity index (χ2v) is 0.224. The van der Waals surface area contributed by atoms with Crippen molar-refractivity contribution in [3.8, 4) is 12.1 Å². The van der Waals surface area contributed by atoms with Crippen LogP contribution in [0, 0.1) is 22.7 Å². The van der Waals surface area contributed by atoms with Crippen LogP contribution in [0.15, 0.2) is 0 Å². The zero-order chi connectivity index (χ0) is 3.41. The summed E-state index contributed by atoms with van der Waals surface area (Å²) in [5.41, 5.74) is 0. The van der Waals surface area contributed by atoms with Crippen molar-refractivity contribution in [2.24, 2.45) is 0 Å². The van der Waals surface area contributed by atoms with Crippen LogP contribution in [-0.2, 0) is 36.3 Å². The summed E-state index contributed by atoms with van der Waals surface area (Å²) in [6.45, 7) is 0. The van der Waals surface area contributed by atoms with Gasteiger partial charge < -0.3 is 0 Å². The van der Waals surface area contributed by atoms with E-state index in [9.17, 15) is 0 Å². The van der Waals surface area contributed by atoms with Crippen molar-refractivity contribution >= 4 is 0 Å². The van der Waals surface area contributed by atoms with E-state index in [2.05, 4.69) is 0 Å². The molecule has 0 saturated carbocycles. The Labute approximate surface area is 59.1 Å². The van der Waals surface area contributed by atoms with Crippen molar-refractivity contribution in [3.63, 3.8) is 0 Å². The summed E-state index contributed by atoms with van der Waals surface area (Å²) in [7, 11) is 0. The average Bonchev–Trinajstić information content (AvgIpc) is 1.37. The summed E-state index contributed by atoms with van der Waals surface area (Å²) in [6.07, 6.45) is 0. The Morgan fingerprint density at radius 3 is 1.17 bits per heavy atom. The molecule has 0 aliphatic heterocycles. The van der Waals surface area contributed by atoms with Gasteiger partial charge in [-0.2, -0.15) is 10.5 Å². The molecule has 2 nitrogen and oxygen atoms in total. The van der Waals surface area contributed by atoms with Gasteiger partial charge in [0.05, 0.1) is 0 Å². The van der Waals surface area contributed by atoms with Crippen LogP contribution in [0.5, 0.6) is 0 Å². The minimum absolute atomic E-state index is 0. The Kier molecular flexibility index (Phi) is 53.3. The van der Waals surface area contributed by atoms with E-state index in [1.165, 1.54) is 12.1 Å². The number of hydrogen-bond donors (Lipinski definition) is 0. The van der Waals surface area contributed by atoms with Crippen LogP contribution in [0.3, 0.4) is 0 Å². The fraction of sp³-hybridized carbons (Fsp3) is 0. The van der Waals surface area contributed by atoms with E-state index in [1.54, 1.807) is 0 Å². The van der Waals surface area contributed by atoms with Gasteiger partial charge in [0.2, 0.25) is 0 Å². The summed E-state index contributed by atoms with van der Waals surface area (Å²) in [5, 5.41) is 14.5. The third-order valence-electron chi connectivity index (χ3n) is 0.0500. The van der Waals surface area contributed by atoms with Gasteiger partial charge >= 0.3 is 0 Å². The summed E-state index contributed by atoms with van der Waals surface area (Å²) in [4.78, 5) is 0. The molecule has 0 unspecified atom stereocenters. The topological polar surface area (TPSA) is 47.6 Å². The molecule has 0 spiro atoms. The first-order valence-electron chi connectivity index (χ1n) is 0.697. The van der Waals surface area contributed by atoms with Gasteiger partial charge in [0.25, 0.3) is 0 Å². The molecule has 0 heterocycles. The number of nitriles is 2. The van der Waals surface area contributed by atoms with E-state index in [0.29, 0.717) is 0 Å². The molecule has 6 heavy (non-hydrogen) atoms. The molecule has 1 radical (unpaired) electrons. The molecule has 0 aromatic heterocycles. The Bertz CT molecular complexity index is 66.5. The van der Waals surface area contributed by atoms with Crippen molar-refractivity contribution in [3.05, 3.63) is 0 Å². The molecule has 29 valence electrons. The Hall–Kier alpha value is 0.110. The molecule has 0 rings (SSSR count). The van der Waals surface area contributed by atoms with Crippen LogP contribution in [-0.4, -0.2) is 0 Å². The average molecular weight is 176 g/mol. The molecule has 4 heteroatoms. The van der Waals surface area contributed by atoms with E-state index in [0.717, 1.165) is 0 Å². The fourth-order valence-electron chi connectivity index (χ4n) is 0. The SMILES string of the molecule is N#CC#N.[Co].[Zn].